The molecule has 3 rings (SSSR count). The van der Waals surface area contributed by atoms with Crippen LogP contribution in [0, 0.1) is 12.8 Å². The number of nitrogens with zero attached hydrogens (tertiary/aromatic N) is 2. The highest BCUT2D eigenvalue weighted by Gasteiger charge is 2.26. The molecule has 0 fully saturated rings. The molecule has 0 atom stereocenters. The Morgan fingerprint density at radius 2 is 1.46 bits per heavy atom. The van der Waals surface area contributed by atoms with Gasteiger partial charge in [0.25, 0.3) is 5.91 Å². The number of aliphatic carboxylic acids is 1. The Labute approximate surface area is 280 Å². The SMILES string of the molecule is COc1ccc(C(=O)N(CCC(=O)O)CC(=O)N(CCC(C)C)CC(=O)Nc2ccc(NC(=O)Nc3ccccc3C)cc2)c(OC)c1. The van der Waals surface area contributed by atoms with E-state index < -0.39 is 36.3 Å². The van der Waals surface area contributed by atoms with Crippen molar-refractivity contribution in [1.29, 1.82) is 0 Å². The van der Waals surface area contributed by atoms with Gasteiger partial charge in [-0.3, -0.25) is 19.2 Å². The van der Waals surface area contributed by atoms with Gasteiger partial charge in [0, 0.05) is 36.2 Å². The van der Waals surface area contributed by atoms with E-state index in [-0.39, 0.29) is 43.3 Å². The summed E-state index contributed by atoms with van der Waals surface area (Å²) in [5, 5.41) is 17.6. The molecule has 0 radical (unpaired) electrons. The minimum atomic E-state index is -1.13. The molecular weight excluding hydrogens is 618 g/mol. The third kappa shape index (κ3) is 11.3. The van der Waals surface area contributed by atoms with E-state index in [1.54, 1.807) is 36.4 Å². The number of benzene rings is 3. The Morgan fingerprint density at radius 3 is 2.06 bits per heavy atom. The lowest BCUT2D eigenvalue weighted by atomic mass is 10.1. The number of methoxy groups -OCH3 is 2. The first kappa shape index (κ1) is 36.9. The third-order valence-electron chi connectivity index (χ3n) is 7.33. The maximum Gasteiger partial charge on any atom is 0.323 e. The van der Waals surface area contributed by atoms with E-state index in [4.69, 9.17) is 9.47 Å². The number of hydrogen-bond acceptors (Lipinski definition) is 7. The van der Waals surface area contributed by atoms with Crippen molar-refractivity contribution in [3.8, 4) is 11.5 Å². The summed E-state index contributed by atoms with van der Waals surface area (Å²) in [4.78, 5) is 66.6. The monoisotopic (exact) mass is 661 g/mol. The number of carboxylic acid groups (broad SMARTS) is 1. The van der Waals surface area contributed by atoms with Gasteiger partial charge in [-0.1, -0.05) is 32.0 Å². The van der Waals surface area contributed by atoms with E-state index in [1.165, 1.54) is 31.3 Å². The largest absolute Gasteiger partial charge is 0.497 e. The number of amides is 5. The molecule has 48 heavy (non-hydrogen) atoms. The molecule has 0 saturated heterocycles. The minimum Gasteiger partial charge on any atom is -0.497 e. The topological polar surface area (TPSA) is 167 Å². The summed E-state index contributed by atoms with van der Waals surface area (Å²) in [6, 6.07) is 18.1. The van der Waals surface area contributed by atoms with Crippen molar-refractivity contribution in [2.75, 3.05) is 56.3 Å². The van der Waals surface area contributed by atoms with Crippen molar-refractivity contribution >= 4 is 46.8 Å². The lowest BCUT2D eigenvalue weighted by molar-refractivity contribution is -0.138. The number of aryl methyl sites for hydroxylation is 1. The Balaban J connectivity index is 1.69. The van der Waals surface area contributed by atoms with Crippen molar-refractivity contribution in [2.45, 2.75) is 33.6 Å². The number of urea groups is 1. The van der Waals surface area contributed by atoms with Gasteiger partial charge in [0.15, 0.2) is 0 Å². The number of hydrogen-bond donors (Lipinski definition) is 4. The smallest absolute Gasteiger partial charge is 0.323 e. The van der Waals surface area contributed by atoms with Crippen LogP contribution in [0.5, 0.6) is 11.5 Å². The van der Waals surface area contributed by atoms with Crippen LogP contribution in [0.15, 0.2) is 66.7 Å². The minimum absolute atomic E-state index is 0.133. The Bertz CT molecular complexity index is 1590. The van der Waals surface area contributed by atoms with Gasteiger partial charge >= 0.3 is 12.0 Å². The maximum atomic E-state index is 13.6. The van der Waals surface area contributed by atoms with Crippen molar-refractivity contribution in [1.82, 2.24) is 9.80 Å². The number of carbonyl (C=O) groups is 5. The van der Waals surface area contributed by atoms with Gasteiger partial charge in [-0.2, -0.15) is 0 Å². The standard InChI is InChI=1S/C35H43N5O8/c1-23(2)16-18-39(32(42)22-40(19-17-33(43)44)34(45)28-15-14-27(47-4)20-30(28)48-5)21-31(41)36-25-10-12-26(13-11-25)37-35(46)38-29-9-7-6-8-24(29)3/h6-15,20,23H,16-19,21-22H2,1-5H3,(H,36,41)(H,43,44)(H2,37,38,46). The highest BCUT2D eigenvalue weighted by molar-refractivity contribution is 6.01. The highest BCUT2D eigenvalue weighted by atomic mass is 16.5. The van der Waals surface area contributed by atoms with Crippen molar-refractivity contribution in [3.63, 3.8) is 0 Å². The summed E-state index contributed by atoms with van der Waals surface area (Å²) >= 11 is 0. The zero-order valence-corrected chi connectivity index (χ0v) is 27.9. The van der Waals surface area contributed by atoms with Gasteiger partial charge < -0.3 is 40.3 Å². The predicted molar refractivity (Wildman–Crippen MR) is 183 cm³/mol. The number of anilines is 3. The number of para-hydroxylation sites is 1. The first-order chi connectivity index (χ1) is 22.9. The van der Waals surface area contributed by atoms with Crippen LogP contribution < -0.4 is 25.4 Å². The second-order valence-corrected chi connectivity index (χ2v) is 11.5. The van der Waals surface area contributed by atoms with Crippen LogP contribution in [0.2, 0.25) is 0 Å². The van der Waals surface area contributed by atoms with Gasteiger partial charge in [-0.05, 0) is 67.3 Å². The van der Waals surface area contributed by atoms with Gasteiger partial charge in [-0.25, -0.2) is 4.79 Å². The van der Waals surface area contributed by atoms with Gasteiger partial charge in [-0.15, -0.1) is 0 Å². The van der Waals surface area contributed by atoms with Gasteiger partial charge in [0.05, 0.1) is 32.7 Å². The molecule has 0 aliphatic rings. The maximum absolute atomic E-state index is 13.6. The number of carbonyl (C=O) groups excluding carboxylic acids is 4. The van der Waals surface area contributed by atoms with Crippen LogP contribution in [-0.4, -0.2) is 85.0 Å². The zero-order chi connectivity index (χ0) is 35.2. The molecule has 3 aromatic carbocycles. The summed E-state index contributed by atoms with van der Waals surface area (Å²) in [5.74, 6) is -1.83. The van der Waals surface area contributed by atoms with E-state index >= 15 is 0 Å². The van der Waals surface area contributed by atoms with Crippen LogP contribution in [0.25, 0.3) is 0 Å². The fourth-order valence-corrected chi connectivity index (χ4v) is 4.61. The molecule has 0 saturated carbocycles. The van der Waals surface area contributed by atoms with Crippen LogP contribution in [0.3, 0.4) is 0 Å². The lowest BCUT2D eigenvalue weighted by Gasteiger charge is -2.28. The van der Waals surface area contributed by atoms with E-state index in [0.717, 1.165) is 10.5 Å². The number of ether oxygens (including phenoxy) is 2. The average Bonchev–Trinajstić information content (AvgIpc) is 3.05. The third-order valence-corrected chi connectivity index (χ3v) is 7.33. The van der Waals surface area contributed by atoms with Crippen LogP contribution in [0.4, 0.5) is 21.9 Å². The first-order valence-corrected chi connectivity index (χ1v) is 15.4. The van der Waals surface area contributed by atoms with Crippen LogP contribution >= 0.6 is 0 Å². The van der Waals surface area contributed by atoms with E-state index in [2.05, 4.69) is 16.0 Å². The number of rotatable bonds is 16. The Hall–Kier alpha value is -5.59. The second-order valence-electron chi connectivity index (χ2n) is 11.5. The highest BCUT2D eigenvalue weighted by Crippen LogP contribution is 2.26. The number of nitrogens with one attached hydrogen (secondary N) is 3. The van der Waals surface area contributed by atoms with Crippen LogP contribution in [-0.2, 0) is 14.4 Å². The normalized spacial score (nSPS) is 10.5. The first-order valence-electron chi connectivity index (χ1n) is 15.4. The summed E-state index contributed by atoms with van der Waals surface area (Å²) in [5.41, 5.74) is 2.70. The Morgan fingerprint density at radius 1 is 0.792 bits per heavy atom. The van der Waals surface area contributed by atoms with Crippen molar-refractivity contribution in [2.24, 2.45) is 5.92 Å². The van der Waals surface area contributed by atoms with Crippen molar-refractivity contribution < 1.29 is 38.6 Å². The molecule has 0 aliphatic carbocycles. The second kappa shape index (κ2) is 17.9. The van der Waals surface area contributed by atoms with Crippen molar-refractivity contribution in [3.05, 3.63) is 77.9 Å². The van der Waals surface area contributed by atoms with Gasteiger partial charge in [0.1, 0.15) is 18.0 Å². The molecule has 0 bridgehead atoms. The van der Waals surface area contributed by atoms with E-state index in [9.17, 15) is 29.1 Å². The molecular formula is C35H43N5O8. The molecule has 256 valence electrons. The molecule has 13 heteroatoms. The summed E-state index contributed by atoms with van der Waals surface area (Å²) in [6.45, 7) is 5.13. The quantitative estimate of drug-likeness (QED) is 0.165. The molecule has 3 aromatic rings. The van der Waals surface area contributed by atoms with Crippen LogP contribution in [0.1, 0.15) is 42.6 Å². The molecule has 5 amide bonds. The summed E-state index contributed by atoms with van der Waals surface area (Å²) in [7, 11) is 2.86. The molecule has 4 N–H and O–H groups in total. The molecule has 0 heterocycles. The Kier molecular flexibility index (Phi) is 13.8. The fourth-order valence-electron chi connectivity index (χ4n) is 4.61. The van der Waals surface area contributed by atoms with Gasteiger partial charge in [0.2, 0.25) is 11.8 Å². The summed E-state index contributed by atoms with van der Waals surface area (Å²) in [6.07, 6.45) is 0.210. The molecule has 0 aromatic heterocycles. The molecule has 0 spiro atoms. The molecule has 0 unspecified atom stereocenters. The predicted octanol–water partition coefficient (Wildman–Crippen LogP) is 5.09. The number of carboxylic acids is 1. The molecule has 13 nitrogen and oxygen atoms in total. The van der Waals surface area contributed by atoms with E-state index in [0.29, 0.717) is 29.2 Å². The molecule has 0 aliphatic heterocycles. The van der Waals surface area contributed by atoms with E-state index in [1.807, 2.05) is 39.0 Å². The average molecular weight is 662 g/mol. The summed E-state index contributed by atoms with van der Waals surface area (Å²) < 4.78 is 10.5. The fraction of sp³-hybridized carbons (Fsp3) is 0.343. The lowest BCUT2D eigenvalue weighted by Crippen LogP contribution is -2.46. The zero-order valence-electron chi connectivity index (χ0n) is 27.9.